The van der Waals surface area contributed by atoms with Gasteiger partial charge in [-0.3, -0.25) is 14.5 Å². The SMILES string of the molecule is CCOc1ccccc1C1CC(=O)N(c2cccc(OC)c2)C2=C1C(=O)CC(C)(C)C2. The molecule has 0 saturated heterocycles. The van der Waals surface area contributed by atoms with Gasteiger partial charge in [-0.05, 0) is 37.0 Å². The largest absolute Gasteiger partial charge is 0.497 e. The predicted molar refractivity (Wildman–Crippen MR) is 120 cm³/mol. The molecule has 1 aliphatic heterocycles. The molecule has 31 heavy (non-hydrogen) atoms. The molecule has 5 nitrogen and oxygen atoms in total. The Labute approximate surface area is 183 Å². The normalized spacial score (nSPS) is 20.5. The fourth-order valence-corrected chi connectivity index (χ4v) is 4.79. The first-order valence-electron chi connectivity index (χ1n) is 10.8. The molecule has 0 aromatic heterocycles. The summed E-state index contributed by atoms with van der Waals surface area (Å²) in [5, 5.41) is 0. The average molecular weight is 420 g/mol. The molecule has 0 saturated carbocycles. The molecule has 0 fully saturated rings. The number of amides is 1. The van der Waals surface area contributed by atoms with Gasteiger partial charge >= 0.3 is 0 Å². The number of anilines is 1. The van der Waals surface area contributed by atoms with E-state index in [2.05, 4.69) is 13.8 Å². The summed E-state index contributed by atoms with van der Waals surface area (Å²) in [5.41, 5.74) is 2.98. The minimum absolute atomic E-state index is 0.0196. The van der Waals surface area contributed by atoms with Crippen molar-refractivity contribution in [3.8, 4) is 11.5 Å². The summed E-state index contributed by atoms with van der Waals surface area (Å²) in [4.78, 5) is 28.7. The lowest BCUT2D eigenvalue weighted by molar-refractivity contribution is -0.121. The van der Waals surface area contributed by atoms with Gasteiger partial charge in [-0.15, -0.1) is 0 Å². The van der Waals surface area contributed by atoms with Crippen LogP contribution in [0.5, 0.6) is 11.5 Å². The van der Waals surface area contributed by atoms with E-state index in [0.717, 1.165) is 28.3 Å². The molecule has 0 bridgehead atoms. The van der Waals surface area contributed by atoms with E-state index in [1.807, 2.05) is 55.5 Å². The fourth-order valence-electron chi connectivity index (χ4n) is 4.79. The lowest BCUT2D eigenvalue weighted by atomic mass is 9.69. The van der Waals surface area contributed by atoms with Crippen molar-refractivity contribution in [2.45, 2.75) is 46.0 Å². The van der Waals surface area contributed by atoms with E-state index in [1.165, 1.54) is 0 Å². The predicted octanol–water partition coefficient (Wildman–Crippen LogP) is 5.26. The first-order valence-corrected chi connectivity index (χ1v) is 10.8. The molecule has 1 aliphatic carbocycles. The van der Waals surface area contributed by atoms with E-state index in [0.29, 0.717) is 25.2 Å². The van der Waals surface area contributed by atoms with Gasteiger partial charge < -0.3 is 9.47 Å². The Morgan fingerprint density at radius 3 is 2.58 bits per heavy atom. The molecule has 1 atom stereocenters. The molecular weight excluding hydrogens is 390 g/mol. The molecule has 4 rings (SSSR count). The van der Waals surface area contributed by atoms with Gasteiger partial charge in [-0.2, -0.15) is 0 Å². The lowest BCUT2D eigenvalue weighted by Crippen LogP contribution is -2.43. The van der Waals surface area contributed by atoms with Crippen LogP contribution in [0.2, 0.25) is 0 Å². The van der Waals surface area contributed by atoms with Crippen LogP contribution in [0.3, 0.4) is 0 Å². The number of ketones is 1. The van der Waals surface area contributed by atoms with Gasteiger partial charge in [0.05, 0.1) is 19.4 Å². The van der Waals surface area contributed by atoms with Crippen molar-refractivity contribution in [2.75, 3.05) is 18.6 Å². The number of hydrogen-bond donors (Lipinski definition) is 0. The average Bonchev–Trinajstić information content (AvgIpc) is 2.73. The van der Waals surface area contributed by atoms with Gasteiger partial charge in [0.25, 0.3) is 0 Å². The number of allylic oxidation sites excluding steroid dienone is 2. The zero-order chi connectivity index (χ0) is 22.2. The number of carbonyl (C=O) groups is 2. The van der Waals surface area contributed by atoms with Gasteiger partial charge in [-0.1, -0.05) is 38.1 Å². The lowest BCUT2D eigenvalue weighted by Gasteiger charge is -2.43. The zero-order valence-electron chi connectivity index (χ0n) is 18.6. The highest BCUT2D eigenvalue weighted by atomic mass is 16.5. The molecule has 2 aromatic rings. The number of rotatable bonds is 5. The number of ether oxygens (including phenoxy) is 2. The number of para-hydroxylation sites is 1. The highest BCUT2D eigenvalue weighted by Gasteiger charge is 2.45. The first-order chi connectivity index (χ1) is 14.8. The summed E-state index contributed by atoms with van der Waals surface area (Å²) >= 11 is 0. The molecule has 5 heteroatoms. The van der Waals surface area contributed by atoms with Crippen molar-refractivity contribution >= 4 is 17.4 Å². The van der Waals surface area contributed by atoms with E-state index in [4.69, 9.17) is 9.47 Å². The molecular formula is C26H29NO4. The topological polar surface area (TPSA) is 55.8 Å². The highest BCUT2D eigenvalue weighted by Crippen LogP contribution is 2.49. The molecule has 162 valence electrons. The quantitative estimate of drug-likeness (QED) is 0.664. The second-order valence-electron chi connectivity index (χ2n) is 8.96. The Balaban J connectivity index is 1.90. The van der Waals surface area contributed by atoms with E-state index < -0.39 is 0 Å². The molecule has 1 heterocycles. The van der Waals surface area contributed by atoms with Crippen LogP contribution in [-0.2, 0) is 9.59 Å². The summed E-state index contributed by atoms with van der Waals surface area (Å²) in [5.74, 6) is 1.22. The van der Waals surface area contributed by atoms with E-state index >= 15 is 0 Å². The van der Waals surface area contributed by atoms with Crippen LogP contribution in [0, 0.1) is 5.41 Å². The van der Waals surface area contributed by atoms with E-state index in [9.17, 15) is 9.59 Å². The zero-order valence-corrected chi connectivity index (χ0v) is 18.6. The van der Waals surface area contributed by atoms with Crippen molar-refractivity contribution in [1.29, 1.82) is 0 Å². The van der Waals surface area contributed by atoms with Crippen LogP contribution in [0.1, 0.15) is 51.5 Å². The number of carbonyl (C=O) groups excluding carboxylic acids is 2. The van der Waals surface area contributed by atoms with Crippen molar-refractivity contribution < 1.29 is 19.1 Å². The number of methoxy groups -OCH3 is 1. The summed E-state index contributed by atoms with van der Waals surface area (Å²) in [6.45, 7) is 6.63. The smallest absolute Gasteiger partial charge is 0.232 e. The fraction of sp³-hybridized carbons (Fsp3) is 0.385. The van der Waals surface area contributed by atoms with Gasteiger partial charge in [-0.25, -0.2) is 0 Å². The molecule has 0 radical (unpaired) electrons. The second-order valence-corrected chi connectivity index (χ2v) is 8.96. The maximum Gasteiger partial charge on any atom is 0.232 e. The third-order valence-corrected chi connectivity index (χ3v) is 6.05. The molecule has 0 N–H and O–H groups in total. The van der Waals surface area contributed by atoms with Gasteiger partial charge in [0.2, 0.25) is 5.91 Å². The molecule has 0 spiro atoms. The van der Waals surface area contributed by atoms with Crippen molar-refractivity contribution in [1.82, 2.24) is 0 Å². The molecule has 2 aliphatic rings. The second kappa shape index (κ2) is 8.22. The first kappa shape index (κ1) is 21.2. The summed E-state index contributed by atoms with van der Waals surface area (Å²) < 4.78 is 11.2. The Kier molecular flexibility index (Phi) is 5.61. The van der Waals surface area contributed by atoms with Crippen LogP contribution in [-0.4, -0.2) is 25.4 Å². The molecule has 1 unspecified atom stereocenters. The minimum atomic E-state index is -0.296. The van der Waals surface area contributed by atoms with Crippen molar-refractivity contribution in [2.24, 2.45) is 5.41 Å². The summed E-state index contributed by atoms with van der Waals surface area (Å²) in [7, 11) is 1.61. The van der Waals surface area contributed by atoms with E-state index in [1.54, 1.807) is 12.0 Å². The van der Waals surface area contributed by atoms with Gasteiger partial charge in [0.15, 0.2) is 5.78 Å². The summed E-state index contributed by atoms with van der Waals surface area (Å²) in [6.07, 6.45) is 1.36. The van der Waals surface area contributed by atoms with Crippen LogP contribution in [0.4, 0.5) is 5.69 Å². The number of benzene rings is 2. The van der Waals surface area contributed by atoms with Gasteiger partial charge in [0.1, 0.15) is 11.5 Å². The minimum Gasteiger partial charge on any atom is -0.497 e. The van der Waals surface area contributed by atoms with Crippen LogP contribution in [0.25, 0.3) is 0 Å². The number of nitrogens with zero attached hydrogens (tertiary/aromatic N) is 1. The monoisotopic (exact) mass is 419 g/mol. The summed E-state index contributed by atoms with van der Waals surface area (Å²) in [6, 6.07) is 15.2. The number of hydrogen-bond acceptors (Lipinski definition) is 4. The number of Topliss-reactive ketones (excluding diaryl/α,β-unsaturated/α-hetero) is 1. The Bertz CT molecular complexity index is 1050. The Morgan fingerprint density at radius 2 is 1.84 bits per heavy atom. The van der Waals surface area contributed by atoms with E-state index in [-0.39, 0.29) is 29.4 Å². The van der Waals surface area contributed by atoms with Crippen LogP contribution < -0.4 is 14.4 Å². The standard InChI is InChI=1S/C26H29NO4/c1-5-31-23-12-7-6-11-19(23)20-14-24(29)27(17-9-8-10-18(13-17)30-4)21-15-26(2,3)16-22(28)25(20)21/h6-13,20H,5,14-16H2,1-4H3. The van der Waals surface area contributed by atoms with Gasteiger partial charge in [0, 0.05) is 41.7 Å². The van der Waals surface area contributed by atoms with Crippen molar-refractivity contribution in [3.05, 3.63) is 65.4 Å². The third-order valence-electron chi connectivity index (χ3n) is 6.05. The maximum absolute atomic E-state index is 13.5. The Hall–Kier alpha value is -3.08. The highest BCUT2D eigenvalue weighted by molar-refractivity contribution is 6.08. The van der Waals surface area contributed by atoms with Crippen LogP contribution in [0.15, 0.2) is 59.8 Å². The molecule has 2 aromatic carbocycles. The third kappa shape index (κ3) is 3.97. The molecule has 1 amide bonds. The van der Waals surface area contributed by atoms with Crippen LogP contribution >= 0.6 is 0 Å². The maximum atomic E-state index is 13.5. The van der Waals surface area contributed by atoms with Crippen molar-refractivity contribution in [3.63, 3.8) is 0 Å². The Morgan fingerprint density at radius 1 is 1.06 bits per heavy atom.